The largest absolute Gasteiger partial charge is 0.300 e. The molecule has 0 aliphatic heterocycles. The number of pyridine rings is 1. The highest BCUT2D eigenvalue weighted by Gasteiger charge is 2.22. The van der Waals surface area contributed by atoms with Gasteiger partial charge in [-0.05, 0) is 12.5 Å². The lowest BCUT2D eigenvalue weighted by molar-refractivity contribution is -0.385. The van der Waals surface area contributed by atoms with E-state index in [0.29, 0.717) is 6.42 Å². The predicted octanol–water partition coefficient (Wildman–Crippen LogP) is 1.44. The van der Waals surface area contributed by atoms with Crippen LogP contribution >= 0.6 is 0 Å². The van der Waals surface area contributed by atoms with Crippen LogP contribution in [-0.4, -0.2) is 21.7 Å². The average Bonchev–Trinajstić information content (AvgIpc) is 2.36. The summed E-state index contributed by atoms with van der Waals surface area (Å²) in [6, 6.07) is 2.52. The van der Waals surface area contributed by atoms with Crippen LogP contribution in [0.15, 0.2) is 18.3 Å². The summed E-state index contributed by atoms with van der Waals surface area (Å²) < 4.78 is 0. The molecule has 1 heterocycles. The molecule has 0 aliphatic carbocycles. The number of amides is 2. The first kappa shape index (κ1) is 13.8. The zero-order valence-electron chi connectivity index (χ0n) is 9.88. The number of nitrogens with zero attached hydrogens (tertiary/aromatic N) is 2. The van der Waals surface area contributed by atoms with Gasteiger partial charge in [0.1, 0.15) is 0 Å². The molecule has 0 bridgehead atoms. The Morgan fingerprint density at radius 3 is 2.83 bits per heavy atom. The summed E-state index contributed by atoms with van der Waals surface area (Å²) in [5, 5.41) is 12.8. The Bertz CT molecular complexity index is 473. The van der Waals surface area contributed by atoms with Gasteiger partial charge in [-0.2, -0.15) is 0 Å². The molecule has 0 atom stereocenters. The minimum atomic E-state index is -0.844. The van der Waals surface area contributed by atoms with Crippen molar-refractivity contribution in [2.45, 2.75) is 26.2 Å². The third kappa shape index (κ3) is 3.62. The monoisotopic (exact) mass is 251 g/mol. The van der Waals surface area contributed by atoms with E-state index >= 15 is 0 Å². The molecule has 0 spiro atoms. The molecule has 0 radical (unpaired) electrons. The van der Waals surface area contributed by atoms with Crippen LogP contribution in [0.4, 0.5) is 5.69 Å². The fraction of sp³-hybridized carbons (Fsp3) is 0.364. The molecule has 0 saturated carbocycles. The summed E-state index contributed by atoms with van der Waals surface area (Å²) in [4.78, 5) is 36.6. The molecule has 7 nitrogen and oxygen atoms in total. The standard InChI is InChI=1S/C11H13N3O4/c1-2-3-6-9(15)13-11(16)10-8(14(17)18)5-4-7-12-10/h4-5,7H,2-3,6H2,1H3,(H,13,15,16). The molecule has 0 aliphatic rings. The van der Waals surface area contributed by atoms with E-state index in [1.807, 2.05) is 6.92 Å². The number of aromatic nitrogens is 1. The second-order valence-electron chi connectivity index (χ2n) is 3.61. The van der Waals surface area contributed by atoms with Crippen LogP contribution in [0.1, 0.15) is 36.7 Å². The minimum absolute atomic E-state index is 0.211. The van der Waals surface area contributed by atoms with Crippen LogP contribution in [0.25, 0.3) is 0 Å². The van der Waals surface area contributed by atoms with Crippen molar-refractivity contribution in [2.24, 2.45) is 0 Å². The van der Waals surface area contributed by atoms with Gasteiger partial charge in [0, 0.05) is 18.7 Å². The quantitative estimate of drug-likeness (QED) is 0.630. The number of carbonyl (C=O) groups excluding carboxylic acids is 2. The summed E-state index contributed by atoms with van der Waals surface area (Å²) in [7, 11) is 0. The van der Waals surface area contributed by atoms with Gasteiger partial charge in [0.05, 0.1) is 4.92 Å². The van der Waals surface area contributed by atoms with Crippen LogP contribution in [-0.2, 0) is 4.79 Å². The topological polar surface area (TPSA) is 102 Å². The lowest BCUT2D eigenvalue weighted by atomic mass is 10.2. The van der Waals surface area contributed by atoms with Crippen LogP contribution in [0.2, 0.25) is 0 Å². The van der Waals surface area contributed by atoms with Gasteiger partial charge in [0.25, 0.3) is 5.91 Å². The molecule has 0 aromatic carbocycles. The summed E-state index contributed by atoms with van der Waals surface area (Å²) in [5.41, 5.74) is -0.773. The van der Waals surface area contributed by atoms with E-state index in [2.05, 4.69) is 10.3 Å². The fourth-order valence-corrected chi connectivity index (χ4v) is 1.30. The normalized spacial score (nSPS) is 9.83. The zero-order valence-corrected chi connectivity index (χ0v) is 9.88. The Labute approximate surface area is 103 Å². The highest BCUT2D eigenvalue weighted by molar-refractivity contribution is 6.05. The van der Waals surface area contributed by atoms with E-state index in [1.54, 1.807) is 0 Å². The van der Waals surface area contributed by atoms with Crippen LogP contribution < -0.4 is 5.32 Å². The molecule has 7 heteroatoms. The van der Waals surface area contributed by atoms with E-state index in [4.69, 9.17) is 0 Å². The lowest BCUT2D eigenvalue weighted by Crippen LogP contribution is -2.31. The zero-order chi connectivity index (χ0) is 13.5. The number of nitrogens with one attached hydrogen (secondary N) is 1. The number of imide groups is 1. The van der Waals surface area contributed by atoms with Gasteiger partial charge in [-0.15, -0.1) is 0 Å². The molecule has 0 saturated heterocycles. The maximum absolute atomic E-state index is 11.6. The SMILES string of the molecule is CCCCC(=O)NC(=O)c1ncccc1[N+](=O)[O-]. The van der Waals surface area contributed by atoms with Gasteiger partial charge in [-0.1, -0.05) is 13.3 Å². The van der Waals surface area contributed by atoms with Crippen molar-refractivity contribution in [1.82, 2.24) is 10.3 Å². The van der Waals surface area contributed by atoms with Gasteiger partial charge in [-0.25, -0.2) is 4.98 Å². The van der Waals surface area contributed by atoms with Gasteiger partial charge < -0.3 is 0 Å². The van der Waals surface area contributed by atoms with Crippen molar-refractivity contribution < 1.29 is 14.5 Å². The Kier molecular flexibility index (Phi) is 4.91. The third-order valence-electron chi connectivity index (χ3n) is 2.21. The first-order chi connectivity index (χ1) is 8.56. The fourth-order valence-electron chi connectivity index (χ4n) is 1.30. The lowest BCUT2D eigenvalue weighted by Gasteiger charge is -2.03. The second kappa shape index (κ2) is 6.43. The maximum Gasteiger partial charge on any atom is 0.300 e. The summed E-state index contributed by atoms with van der Waals surface area (Å²) >= 11 is 0. The number of carbonyl (C=O) groups is 2. The molecule has 1 N–H and O–H groups in total. The molecule has 0 fully saturated rings. The summed E-state index contributed by atoms with van der Waals surface area (Å²) in [6.45, 7) is 1.92. The van der Waals surface area contributed by atoms with Gasteiger partial charge in [-0.3, -0.25) is 25.0 Å². The predicted molar refractivity (Wildman–Crippen MR) is 62.9 cm³/mol. The van der Waals surface area contributed by atoms with E-state index in [9.17, 15) is 19.7 Å². The maximum atomic E-state index is 11.6. The summed E-state index contributed by atoms with van der Waals surface area (Å²) in [6.07, 6.45) is 2.95. The minimum Gasteiger partial charge on any atom is -0.291 e. The van der Waals surface area contributed by atoms with Gasteiger partial charge >= 0.3 is 5.69 Å². The number of hydrogen-bond donors (Lipinski definition) is 1. The second-order valence-corrected chi connectivity index (χ2v) is 3.61. The van der Waals surface area contributed by atoms with Crippen LogP contribution in [0.5, 0.6) is 0 Å². The van der Waals surface area contributed by atoms with Crippen molar-refractivity contribution in [2.75, 3.05) is 0 Å². The number of nitro groups is 1. The number of rotatable bonds is 5. The molecule has 96 valence electrons. The number of hydrogen-bond acceptors (Lipinski definition) is 5. The van der Waals surface area contributed by atoms with Gasteiger partial charge in [0.2, 0.25) is 11.6 Å². The highest BCUT2D eigenvalue weighted by Crippen LogP contribution is 2.14. The molecule has 1 aromatic heterocycles. The van der Waals surface area contributed by atoms with E-state index in [1.165, 1.54) is 18.3 Å². The molecule has 2 amide bonds. The van der Waals surface area contributed by atoms with Crippen LogP contribution in [0, 0.1) is 10.1 Å². The van der Waals surface area contributed by atoms with E-state index in [-0.39, 0.29) is 12.1 Å². The van der Waals surface area contributed by atoms with Crippen molar-refractivity contribution in [1.29, 1.82) is 0 Å². The van der Waals surface area contributed by atoms with Crippen molar-refractivity contribution in [3.05, 3.63) is 34.1 Å². The van der Waals surface area contributed by atoms with Crippen molar-refractivity contribution in [3.8, 4) is 0 Å². The Balaban J connectivity index is 2.78. The van der Waals surface area contributed by atoms with Crippen molar-refractivity contribution in [3.63, 3.8) is 0 Å². The molecule has 18 heavy (non-hydrogen) atoms. The molecule has 1 aromatic rings. The Morgan fingerprint density at radius 1 is 1.50 bits per heavy atom. The van der Waals surface area contributed by atoms with E-state index < -0.39 is 22.4 Å². The molecular weight excluding hydrogens is 238 g/mol. The molecule has 1 rings (SSSR count). The van der Waals surface area contributed by atoms with Crippen molar-refractivity contribution >= 4 is 17.5 Å². The first-order valence-electron chi connectivity index (χ1n) is 5.49. The van der Waals surface area contributed by atoms with E-state index in [0.717, 1.165) is 6.42 Å². The molecule has 0 unspecified atom stereocenters. The number of unbranched alkanes of at least 4 members (excludes halogenated alkanes) is 1. The average molecular weight is 251 g/mol. The Hall–Kier alpha value is -2.31. The smallest absolute Gasteiger partial charge is 0.291 e. The first-order valence-corrected chi connectivity index (χ1v) is 5.49. The molecular formula is C11H13N3O4. The van der Waals surface area contributed by atoms with Gasteiger partial charge in [0.15, 0.2) is 0 Å². The third-order valence-corrected chi connectivity index (χ3v) is 2.21. The highest BCUT2D eigenvalue weighted by atomic mass is 16.6. The summed E-state index contributed by atoms with van der Waals surface area (Å²) in [5.74, 6) is -1.30. The Morgan fingerprint density at radius 2 is 2.22 bits per heavy atom. The van der Waals surface area contributed by atoms with Crippen LogP contribution in [0.3, 0.4) is 0 Å².